The minimum atomic E-state index is -0.499. The van der Waals surface area contributed by atoms with Crippen molar-refractivity contribution in [1.29, 1.82) is 0 Å². The standard InChI is InChI=1S/C20H18N2O3/c1-2-25-20(24)19-18(15-10-6-7-11-16(15)21-19)22-17(23)13-12-14-8-4-3-5-9-14/h3-13,21H,2H2,1H3,(H,22,23)/b13-12+. The highest BCUT2D eigenvalue weighted by molar-refractivity contribution is 6.13. The molecule has 5 nitrogen and oxygen atoms in total. The molecule has 0 aliphatic heterocycles. The third-order valence-electron chi connectivity index (χ3n) is 3.66. The van der Waals surface area contributed by atoms with Crippen LogP contribution in [0.2, 0.25) is 0 Å². The Labute approximate surface area is 145 Å². The summed E-state index contributed by atoms with van der Waals surface area (Å²) >= 11 is 0. The number of carbonyl (C=O) groups excluding carboxylic acids is 2. The zero-order chi connectivity index (χ0) is 17.6. The third kappa shape index (κ3) is 3.77. The lowest BCUT2D eigenvalue weighted by Gasteiger charge is -2.05. The van der Waals surface area contributed by atoms with Gasteiger partial charge in [0.1, 0.15) is 5.69 Å². The van der Waals surface area contributed by atoms with Gasteiger partial charge in [0.05, 0.1) is 12.3 Å². The summed E-state index contributed by atoms with van der Waals surface area (Å²) in [6.45, 7) is 2.00. The van der Waals surface area contributed by atoms with Gasteiger partial charge >= 0.3 is 5.97 Å². The lowest BCUT2D eigenvalue weighted by molar-refractivity contribution is -0.111. The second-order valence-corrected chi connectivity index (χ2v) is 5.37. The maximum Gasteiger partial charge on any atom is 0.356 e. The maximum atomic E-state index is 12.3. The molecular formula is C20H18N2O3. The molecule has 0 saturated heterocycles. The highest BCUT2D eigenvalue weighted by atomic mass is 16.5. The number of rotatable bonds is 5. The number of aromatic amines is 1. The molecule has 0 radical (unpaired) electrons. The van der Waals surface area contributed by atoms with Crippen LogP contribution in [0.1, 0.15) is 23.0 Å². The summed E-state index contributed by atoms with van der Waals surface area (Å²) in [7, 11) is 0. The Balaban J connectivity index is 1.89. The quantitative estimate of drug-likeness (QED) is 0.547. The van der Waals surface area contributed by atoms with Crippen molar-refractivity contribution in [2.24, 2.45) is 0 Å². The maximum absolute atomic E-state index is 12.3. The molecule has 0 unspecified atom stereocenters. The van der Waals surface area contributed by atoms with Gasteiger partial charge < -0.3 is 15.0 Å². The predicted octanol–water partition coefficient (Wildman–Crippen LogP) is 4.00. The fourth-order valence-electron chi connectivity index (χ4n) is 2.53. The van der Waals surface area contributed by atoms with Crippen molar-refractivity contribution in [3.05, 3.63) is 71.9 Å². The van der Waals surface area contributed by atoms with E-state index in [0.29, 0.717) is 5.69 Å². The Morgan fingerprint density at radius 2 is 1.80 bits per heavy atom. The number of hydrogen-bond donors (Lipinski definition) is 2. The van der Waals surface area contributed by atoms with Crippen molar-refractivity contribution in [2.45, 2.75) is 6.92 Å². The van der Waals surface area contributed by atoms with Gasteiger partial charge in [-0.15, -0.1) is 0 Å². The van der Waals surface area contributed by atoms with Crippen LogP contribution < -0.4 is 5.32 Å². The number of esters is 1. The summed E-state index contributed by atoms with van der Waals surface area (Å²) in [6.07, 6.45) is 3.15. The molecule has 0 spiro atoms. The number of H-pyrrole nitrogens is 1. The molecular weight excluding hydrogens is 316 g/mol. The molecule has 0 aliphatic carbocycles. The molecule has 3 rings (SSSR count). The molecule has 0 aliphatic rings. The first-order valence-electron chi connectivity index (χ1n) is 8.01. The van der Waals surface area contributed by atoms with E-state index in [4.69, 9.17) is 4.74 Å². The number of aromatic nitrogens is 1. The zero-order valence-electron chi connectivity index (χ0n) is 13.8. The first kappa shape index (κ1) is 16.5. The summed E-state index contributed by atoms with van der Waals surface area (Å²) < 4.78 is 5.07. The largest absolute Gasteiger partial charge is 0.461 e. The van der Waals surface area contributed by atoms with Crippen molar-refractivity contribution < 1.29 is 14.3 Å². The Bertz CT molecular complexity index is 927. The molecule has 3 aromatic rings. The predicted molar refractivity (Wildman–Crippen MR) is 98.4 cm³/mol. The number of nitrogens with one attached hydrogen (secondary N) is 2. The van der Waals surface area contributed by atoms with E-state index in [2.05, 4.69) is 10.3 Å². The molecule has 0 saturated carbocycles. The van der Waals surface area contributed by atoms with Gasteiger partial charge in [-0.2, -0.15) is 0 Å². The van der Waals surface area contributed by atoms with Gasteiger partial charge in [0.15, 0.2) is 0 Å². The summed E-state index contributed by atoms with van der Waals surface area (Å²) in [6, 6.07) is 16.9. The summed E-state index contributed by atoms with van der Waals surface area (Å²) in [4.78, 5) is 27.5. The molecule has 0 fully saturated rings. The average molecular weight is 334 g/mol. The minimum Gasteiger partial charge on any atom is -0.461 e. The first-order valence-corrected chi connectivity index (χ1v) is 8.01. The Kier molecular flexibility index (Phi) is 4.95. The Hall–Kier alpha value is -3.34. The number of benzene rings is 2. The number of amides is 1. The minimum absolute atomic E-state index is 0.240. The lowest BCUT2D eigenvalue weighted by atomic mass is 10.2. The van der Waals surface area contributed by atoms with Crippen LogP contribution in [0.4, 0.5) is 5.69 Å². The number of carbonyl (C=O) groups is 2. The van der Waals surface area contributed by atoms with Crippen LogP contribution in [-0.4, -0.2) is 23.5 Å². The van der Waals surface area contributed by atoms with E-state index in [0.717, 1.165) is 16.5 Å². The van der Waals surface area contributed by atoms with Crippen LogP contribution in [0.5, 0.6) is 0 Å². The van der Waals surface area contributed by atoms with Crippen LogP contribution in [0, 0.1) is 0 Å². The van der Waals surface area contributed by atoms with Crippen molar-refractivity contribution in [3.63, 3.8) is 0 Å². The highest BCUT2D eigenvalue weighted by Gasteiger charge is 2.19. The van der Waals surface area contributed by atoms with E-state index in [-0.39, 0.29) is 18.2 Å². The molecule has 1 aromatic heterocycles. The van der Waals surface area contributed by atoms with Gasteiger partial charge in [0, 0.05) is 17.0 Å². The van der Waals surface area contributed by atoms with E-state index in [9.17, 15) is 9.59 Å². The SMILES string of the molecule is CCOC(=O)c1[nH]c2ccccc2c1NC(=O)/C=C/c1ccccc1. The van der Waals surface area contributed by atoms with Gasteiger partial charge in [-0.05, 0) is 24.6 Å². The van der Waals surface area contributed by atoms with Crippen molar-refractivity contribution in [2.75, 3.05) is 11.9 Å². The summed E-state index contributed by atoms with van der Waals surface area (Å²) in [5, 5.41) is 3.54. The summed E-state index contributed by atoms with van der Waals surface area (Å²) in [5.41, 5.74) is 2.34. The smallest absolute Gasteiger partial charge is 0.356 e. The molecule has 5 heteroatoms. The van der Waals surface area contributed by atoms with Crippen LogP contribution in [0.3, 0.4) is 0 Å². The molecule has 0 atom stereocenters. The van der Waals surface area contributed by atoms with Crippen LogP contribution in [0.15, 0.2) is 60.7 Å². The number of anilines is 1. The first-order chi connectivity index (χ1) is 12.2. The molecule has 126 valence electrons. The molecule has 25 heavy (non-hydrogen) atoms. The summed E-state index contributed by atoms with van der Waals surface area (Å²) in [5.74, 6) is -0.819. The van der Waals surface area contributed by atoms with Crippen molar-refractivity contribution in [3.8, 4) is 0 Å². The number of hydrogen-bond acceptors (Lipinski definition) is 3. The second-order valence-electron chi connectivity index (χ2n) is 5.37. The molecule has 0 bridgehead atoms. The molecule has 2 aromatic carbocycles. The van der Waals surface area contributed by atoms with Crippen LogP contribution in [0.25, 0.3) is 17.0 Å². The second kappa shape index (κ2) is 7.49. The zero-order valence-corrected chi connectivity index (χ0v) is 13.8. The number of para-hydroxylation sites is 1. The number of ether oxygens (including phenoxy) is 1. The molecule has 1 heterocycles. The topological polar surface area (TPSA) is 71.2 Å². The van der Waals surface area contributed by atoms with Crippen molar-refractivity contribution >= 4 is 34.5 Å². The molecule has 2 N–H and O–H groups in total. The number of fused-ring (bicyclic) bond motifs is 1. The van der Waals surface area contributed by atoms with Gasteiger partial charge in [-0.1, -0.05) is 48.5 Å². The molecule has 1 amide bonds. The van der Waals surface area contributed by atoms with Gasteiger partial charge in [0.2, 0.25) is 5.91 Å². The van der Waals surface area contributed by atoms with Gasteiger partial charge in [-0.3, -0.25) is 4.79 Å². The van der Waals surface area contributed by atoms with Crippen LogP contribution >= 0.6 is 0 Å². The van der Waals surface area contributed by atoms with Crippen LogP contribution in [-0.2, 0) is 9.53 Å². The highest BCUT2D eigenvalue weighted by Crippen LogP contribution is 2.28. The fraction of sp³-hybridized carbons (Fsp3) is 0.100. The lowest BCUT2D eigenvalue weighted by Crippen LogP contribution is -2.13. The normalized spacial score (nSPS) is 10.9. The average Bonchev–Trinajstić information content (AvgIpc) is 3.00. The Morgan fingerprint density at radius 1 is 1.08 bits per heavy atom. The third-order valence-corrected chi connectivity index (χ3v) is 3.66. The van der Waals surface area contributed by atoms with E-state index in [1.807, 2.05) is 54.6 Å². The Morgan fingerprint density at radius 3 is 2.56 bits per heavy atom. The van der Waals surface area contributed by atoms with Crippen molar-refractivity contribution in [1.82, 2.24) is 4.98 Å². The monoisotopic (exact) mass is 334 g/mol. The van der Waals surface area contributed by atoms with E-state index in [1.165, 1.54) is 6.08 Å². The van der Waals surface area contributed by atoms with Gasteiger partial charge in [-0.25, -0.2) is 4.79 Å². The van der Waals surface area contributed by atoms with Gasteiger partial charge in [0.25, 0.3) is 0 Å². The van der Waals surface area contributed by atoms with E-state index >= 15 is 0 Å². The van der Waals surface area contributed by atoms with E-state index < -0.39 is 5.97 Å². The fourth-order valence-corrected chi connectivity index (χ4v) is 2.53. The van der Waals surface area contributed by atoms with E-state index in [1.54, 1.807) is 13.0 Å².